The quantitative estimate of drug-likeness (QED) is 0.229. The van der Waals surface area contributed by atoms with Gasteiger partial charge < -0.3 is 9.47 Å². The molecule has 1 aliphatic carbocycles. The summed E-state index contributed by atoms with van der Waals surface area (Å²) in [6.07, 6.45) is 4.90. The Balaban J connectivity index is 1.93. The number of halogens is 4. The van der Waals surface area contributed by atoms with Gasteiger partial charge in [-0.3, -0.25) is 0 Å². The fourth-order valence-corrected chi connectivity index (χ4v) is 5.26. The van der Waals surface area contributed by atoms with Gasteiger partial charge in [-0.1, -0.05) is 36.4 Å². The second kappa shape index (κ2) is 11.6. The summed E-state index contributed by atoms with van der Waals surface area (Å²) in [5.41, 5.74) is 0.651. The lowest BCUT2D eigenvalue weighted by Crippen LogP contribution is -2.21. The number of methoxy groups -OCH3 is 2. The van der Waals surface area contributed by atoms with Gasteiger partial charge in [0.1, 0.15) is 11.5 Å². The molecular weight excluding hydrogens is 496 g/mol. The fourth-order valence-electron chi connectivity index (χ4n) is 4.02. The molecule has 0 fully saturated rings. The number of rotatable bonds is 10. The van der Waals surface area contributed by atoms with Gasteiger partial charge in [-0.25, -0.2) is 17.6 Å². The van der Waals surface area contributed by atoms with E-state index in [1.807, 2.05) is 36.8 Å². The average molecular weight is 525 g/mol. The van der Waals surface area contributed by atoms with E-state index in [1.54, 1.807) is 50.6 Å². The van der Waals surface area contributed by atoms with E-state index >= 15 is 0 Å². The first kappa shape index (κ1) is 27.3. The Kier molecular flexibility index (Phi) is 9.05. The molecule has 188 valence electrons. The van der Waals surface area contributed by atoms with Crippen LogP contribution in [-0.4, -0.2) is 38.6 Å². The first-order valence-corrected chi connectivity index (χ1v) is 13.4. The average Bonchev–Trinajstić information content (AvgIpc) is 3.03. The molecule has 0 atom stereocenters. The molecule has 0 heterocycles. The van der Waals surface area contributed by atoms with Crippen molar-refractivity contribution in [3.05, 3.63) is 83.0 Å². The van der Waals surface area contributed by atoms with Crippen LogP contribution in [0.2, 0.25) is 0 Å². The van der Waals surface area contributed by atoms with Crippen molar-refractivity contribution in [1.82, 2.24) is 0 Å². The predicted octanol–water partition coefficient (Wildman–Crippen LogP) is 8.56. The molecule has 35 heavy (non-hydrogen) atoms. The minimum Gasteiger partial charge on any atom is -0.497 e. The zero-order valence-electron chi connectivity index (χ0n) is 20.0. The number of benzene rings is 2. The topological polar surface area (TPSA) is 18.5 Å². The lowest BCUT2D eigenvalue weighted by molar-refractivity contribution is -0.0447. The largest absolute Gasteiger partial charge is 0.497 e. The van der Waals surface area contributed by atoms with Crippen molar-refractivity contribution in [3.8, 4) is 11.5 Å². The molecule has 0 N–H and O–H groups in total. The summed E-state index contributed by atoms with van der Waals surface area (Å²) in [6, 6.07) is 14.4. The summed E-state index contributed by atoms with van der Waals surface area (Å²) in [4.78, 5) is 1.48. The van der Waals surface area contributed by atoms with Crippen molar-refractivity contribution in [2.45, 2.75) is 31.1 Å². The Morgan fingerprint density at radius 3 is 1.34 bits per heavy atom. The molecule has 0 spiro atoms. The van der Waals surface area contributed by atoms with Crippen LogP contribution in [0.15, 0.2) is 71.8 Å². The molecule has 0 aromatic heterocycles. The standard InChI is InChI=1S/C27H28F4O2S2/c1-32-20-9-5-18(6-10-20)24(34-3)15-13-22-23(27(30,31)17-26(22,28)29)14-16-25(35-4)19-7-11-21(33-2)12-8-19/h5-12,15-16H,13-14,17H2,1-4H3/b24-15-,25-16-. The van der Waals surface area contributed by atoms with Crippen LogP contribution in [-0.2, 0) is 0 Å². The van der Waals surface area contributed by atoms with E-state index in [0.29, 0.717) is 11.5 Å². The first-order chi connectivity index (χ1) is 16.6. The van der Waals surface area contributed by atoms with E-state index < -0.39 is 29.4 Å². The molecule has 0 saturated heterocycles. The molecule has 2 aromatic carbocycles. The van der Waals surface area contributed by atoms with Crippen LogP contribution in [0.5, 0.6) is 11.5 Å². The van der Waals surface area contributed by atoms with E-state index in [0.717, 1.165) is 20.9 Å². The zero-order chi connectivity index (χ0) is 25.6. The third kappa shape index (κ3) is 6.47. The second-order valence-corrected chi connectivity index (χ2v) is 9.65. The maximum atomic E-state index is 14.8. The van der Waals surface area contributed by atoms with Crippen molar-refractivity contribution >= 4 is 33.3 Å². The van der Waals surface area contributed by atoms with Gasteiger partial charge in [0.2, 0.25) is 0 Å². The number of ether oxygens (including phenoxy) is 2. The van der Waals surface area contributed by atoms with E-state index in [1.165, 1.54) is 23.5 Å². The predicted molar refractivity (Wildman–Crippen MR) is 140 cm³/mol. The maximum absolute atomic E-state index is 14.8. The van der Waals surface area contributed by atoms with Gasteiger partial charge in [0, 0.05) is 21.0 Å². The van der Waals surface area contributed by atoms with Gasteiger partial charge in [-0.15, -0.1) is 23.5 Å². The maximum Gasteiger partial charge on any atom is 0.276 e. The summed E-state index contributed by atoms with van der Waals surface area (Å²) in [7, 11) is 3.12. The van der Waals surface area contributed by atoms with Crippen molar-refractivity contribution in [2.75, 3.05) is 26.7 Å². The van der Waals surface area contributed by atoms with E-state index in [4.69, 9.17) is 9.47 Å². The highest BCUT2D eigenvalue weighted by atomic mass is 32.2. The van der Waals surface area contributed by atoms with Gasteiger partial charge >= 0.3 is 0 Å². The van der Waals surface area contributed by atoms with Gasteiger partial charge in [-0.2, -0.15) is 0 Å². The van der Waals surface area contributed by atoms with Gasteiger partial charge in [0.05, 0.1) is 20.6 Å². The van der Waals surface area contributed by atoms with Gasteiger partial charge in [0.15, 0.2) is 0 Å². The van der Waals surface area contributed by atoms with Gasteiger partial charge in [-0.05, 0) is 60.7 Å². The number of thioether (sulfide) groups is 2. The van der Waals surface area contributed by atoms with Crippen molar-refractivity contribution in [2.24, 2.45) is 0 Å². The Labute approximate surface area is 212 Å². The van der Waals surface area contributed by atoms with Crippen LogP contribution >= 0.6 is 23.5 Å². The molecule has 3 rings (SSSR count). The smallest absolute Gasteiger partial charge is 0.276 e. The first-order valence-electron chi connectivity index (χ1n) is 10.9. The molecule has 2 aromatic rings. The highest BCUT2D eigenvalue weighted by Gasteiger charge is 2.56. The summed E-state index contributed by atoms with van der Waals surface area (Å²) < 4.78 is 69.5. The molecule has 0 radical (unpaired) electrons. The third-order valence-electron chi connectivity index (χ3n) is 5.86. The van der Waals surface area contributed by atoms with Crippen LogP contribution < -0.4 is 9.47 Å². The summed E-state index contributed by atoms with van der Waals surface area (Å²) in [5.74, 6) is -5.78. The minimum atomic E-state index is -3.56. The number of hydrogen-bond donors (Lipinski definition) is 0. The fraction of sp³-hybridized carbons (Fsp3) is 0.333. The highest BCUT2D eigenvalue weighted by Crippen LogP contribution is 2.52. The number of hydrogen-bond acceptors (Lipinski definition) is 4. The molecule has 1 aliphatic rings. The van der Waals surface area contributed by atoms with Crippen molar-refractivity contribution < 1.29 is 27.0 Å². The molecule has 0 saturated carbocycles. The minimum absolute atomic E-state index is 0.245. The molecule has 0 unspecified atom stereocenters. The molecular formula is C27H28F4O2S2. The van der Waals surface area contributed by atoms with Crippen LogP contribution in [0, 0.1) is 0 Å². The molecule has 0 aliphatic heterocycles. The molecule has 8 heteroatoms. The summed E-state index contributed by atoms with van der Waals surface area (Å²) >= 11 is 2.77. The molecule has 0 amide bonds. The Bertz CT molecular complexity index is 1020. The van der Waals surface area contributed by atoms with Crippen LogP contribution in [0.3, 0.4) is 0 Å². The lowest BCUT2D eigenvalue weighted by Gasteiger charge is -2.14. The lowest BCUT2D eigenvalue weighted by atomic mass is 10.0. The highest BCUT2D eigenvalue weighted by molar-refractivity contribution is 8.07. The van der Waals surface area contributed by atoms with Gasteiger partial charge in [0.25, 0.3) is 11.8 Å². The SMILES string of the molecule is COc1ccc(/C(=C/CC2=C(C/C=C(\SC)c3ccc(OC)cc3)C(F)(F)CC2(F)F)SC)cc1. The van der Waals surface area contributed by atoms with E-state index in [-0.39, 0.29) is 12.8 Å². The zero-order valence-corrected chi connectivity index (χ0v) is 21.7. The Hall–Kier alpha value is -2.32. The molecule has 0 bridgehead atoms. The number of allylic oxidation sites excluding steroid dienone is 4. The summed E-state index contributed by atoms with van der Waals surface area (Å²) in [6.45, 7) is 0. The van der Waals surface area contributed by atoms with Crippen molar-refractivity contribution in [3.63, 3.8) is 0 Å². The monoisotopic (exact) mass is 524 g/mol. The Morgan fingerprint density at radius 2 is 1.06 bits per heavy atom. The van der Waals surface area contributed by atoms with Crippen molar-refractivity contribution in [1.29, 1.82) is 0 Å². The van der Waals surface area contributed by atoms with Crippen LogP contribution in [0.25, 0.3) is 9.81 Å². The van der Waals surface area contributed by atoms with Crippen LogP contribution in [0.1, 0.15) is 30.4 Å². The second-order valence-electron chi connectivity index (χ2n) is 7.95. The van der Waals surface area contributed by atoms with E-state index in [2.05, 4.69) is 0 Å². The van der Waals surface area contributed by atoms with Crippen LogP contribution in [0.4, 0.5) is 17.6 Å². The Morgan fingerprint density at radius 1 is 0.714 bits per heavy atom. The number of alkyl halides is 4. The summed E-state index contributed by atoms with van der Waals surface area (Å²) in [5, 5.41) is 0. The third-order valence-corrected chi connectivity index (χ3v) is 7.55. The normalized spacial score (nSPS) is 17.6. The van der Waals surface area contributed by atoms with E-state index in [9.17, 15) is 17.6 Å². The molecule has 2 nitrogen and oxygen atoms in total.